The largest absolute Gasteiger partial charge is 0.388 e. The summed E-state index contributed by atoms with van der Waals surface area (Å²) in [5.74, 6) is 0. The minimum atomic E-state index is -3.93. The number of benzene rings is 2. The molecule has 0 saturated carbocycles. The summed E-state index contributed by atoms with van der Waals surface area (Å²) in [5.41, 5.74) is 0.825. The van der Waals surface area contributed by atoms with Crippen molar-refractivity contribution in [1.29, 1.82) is 0 Å². The van der Waals surface area contributed by atoms with Gasteiger partial charge in [-0.2, -0.15) is 8.42 Å². The van der Waals surface area contributed by atoms with Gasteiger partial charge in [0, 0.05) is 12.5 Å². The number of aryl methyl sites for hydroxylation is 1. The molecule has 2 rings (SSSR count). The predicted molar refractivity (Wildman–Crippen MR) is 87.0 cm³/mol. The molecule has 0 amide bonds. The van der Waals surface area contributed by atoms with E-state index in [1.54, 1.807) is 18.2 Å². The van der Waals surface area contributed by atoms with Crippen molar-refractivity contribution in [2.45, 2.75) is 24.3 Å². The van der Waals surface area contributed by atoms with E-state index in [1.807, 2.05) is 6.92 Å². The van der Waals surface area contributed by atoms with E-state index in [4.69, 9.17) is 4.18 Å². The number of aliphatic hydroxyl groups is 1. The lowest BCUT2D eigenvalue weighted by molar-refractivity contribution is -0.386. The third kappa shape index (κ3) is 4.38. The molecule has 0 bridgehead atoms. The smallest absolute Gasteiger partial charge is 0.296 e. The Labute approximate surface area is 139 Å². The summed E-state index contributed by atoms with van der Waals surface area (Å²) in [5, 5.41) is 21.0. The molecule has 0 spiro atoms. The van der Waals surface area contributed by atoms with Crippen LogP contribution < -0.4 is 0 Å². The second-order valence-electron chi connectivity index (χ2n) is 5.21. The maximum atomic E-state index is 12.0. The molecular formula is C16H17NO6S. The van der Waals surface area contributed by atoms with Gasteiger partial charge in [0.2, 0.25) is 0 Å². The Balaban J connectivity index is 2.01. The van der Waals surface area contributed by atoms with Crippen LogP contribution in [0.25, 0.3) is 0 Å². The molecule has 0 radical (unpaired) electrons. The van der Waals surface area contributed by atoms with Crippen molar-refractivity contribution in [1.82, 2.24) is 0 Å². The number of nitrogens with zero attached hydrogens (tertiary/aromatic N) is 1. The van der Waals surface area contributed by atoms with Gasteiger partial charge in [-0.3, -0.25) is 14.3 Å². The average molecular weight is 351 g/mol. The maximum absolute atomic E-state index is 12.0. The van der Waals surface area contributed by atoms with Crippen molar-refractivity contribution in [3.8, 4) is 0 Å². The zero-order valence-electron chi connectivity index (χ0n) is 13.0. The van der Waals surface area contributed by atoms with E-state index in [9.17, 15) is 23.6 Å². The van der Waals surface area contributed by atoms with E-state index >= 15 is 0 Å². The van der Waals surface area contributed by atoms with Crippen LogP contribution in [0.1, 0.15) is 23.7 Å². The van der Waals surface area contributed by atoms with Crippen LogP contribution in [0.4, 0.5) is 5.69 Å². The first-order chi connectivity index (χ1) is 11.3. The van der Waals surface area contributed by atoms with Crippen molar-refractivity contribution in [2.24, 2.45) is 0 Å². The summed E-state index contributed by atoms with van der Waals surface area (Å²) in [7, 11) is -3.93. The zero-order valence-corrected chi connectivity index (χ0v) is 13.8. The molecule has 0 saturated heterocycles. The van der Waals surface area contributed by atoms with Crippen LogP contribution in [-0.4, -0.2) is 25.1 Å². The third-order valence-electron chi connectivity index (χ3n) is 3.43. The number of aliphatic hydroxyl groups excluding tert-OH is 1. The summed E-state index contributed by atoms with van der Waals surface area (Å²) < 4.78 is 28.9. The minimum Gasteiger partial charge on any atom is -0.388 e. The summed E-state index contributed by atoms with van der Waals surface area (Å²) in [6.45, 7) is 1.55. The molecule has 0 aromatic heterocycles. The molecule has 7 nitrogen and oxygen atoms in total. The van der Waals surface area contributed by atoms with E-state index in [0.717, 1.165) is 5.56 Å². The molecule has 0 fully saturated rings. The number of nitro groups is 1. The quantitative estimate of drug-likeness (QED) is 0.467. The van der Waals surface area contributed by atoms with Crippen molar-refractivity contribution < 1.29 is 22.6 Å². The monoisotopic (exact) mass is 351 g/mol. The molecule has 8 heteroatoms. The number of hydrogen-bond donors (Lipinski definition) is 1. The Bertz CT molecular complexity index is 817. The molecule has 128 valence electrons. The number of rotatable bonds is 7. The lowest BCUT2D eigenvalue weighted by Gasteiger charge is -2.11. The first-order valence-electron chi connectivity index (χ1n) is 7.19. The van der Waals surface area contributed by atoms with Crippen LogP contribution in [0.5, 0.6) is 0 Å². The van der Waals surface area contributed by atoms with Crippen molar-refractivity contribution in [3.63, 3.8) is 0 Å². The Morgan fingerprint density at radius 2 is 1.79 bits per heavy atom. The van der Waals surface area contributed by atoms with Gasteiger partial charge in [0.1, 0.15) is 0 Å². The van der Waals surface area contributed by atoms with Gasteiger partial charge in [0.15, 0.2) is 0 Å². The summed E-state index contributed by atoms with van der Waals surface area (Å²) in [6, 6.07) is 11.9. The van der Waals surface area contributed by atoms with Crippen LogP contribution in [0, 0.1) is 17.0 Å². The van der Waals surface area contributed by atoms with Crippen LogP contribution >= 0.6 is 0 Å². The van der Waals surface area contributed by atoms with E-state index < -0.39 is 21.1 Å². The van der Waals surface area contributed by atoms with Gasteiger partial charge in [0.05, 0.1) is 28.1 Å². The fourth-order valence-electron chi connectivity index (χ4n) is 2.13. The molecule has 0 aliphatic heterocycles. The first kappa shape index (κ1) is 18.1. The van der Waals surface area contributed by atoms with Crippen molar-refractivity contribution in [3.05, 3.63) is 69.8 Å². The summed E-state index contributed by atoms with van der Waals surface area (Å²) in [4.78, 5) is 10.4. The van der Waals surface area contributed by atoms with Gasteiger partial charge < -0.3 is 5.11 Å². The molecule has 0 aliphatic carbocycles. The first-order valence-corrected chi connectivity index (χ1v) is 8.59. The lowest BCUT2D eigenvalue weighted by atomic mass is 10.1. The van der Waals surface area contributed by atoms with Gasteiger partial charge in [-0.15, -0.1) is 0 Å². The van der Waals surface area contributed by atoms with Gasteiger partial charge in [0.25, 0.3) is 15.8 Å². The normalized spacial score (nSPS) is 12.8. The zero-order chi connectivity index (χ0) is 17.7. The minimum absolute atomic E-state index is 0.0216. The SMILES string of the molecule is Cc1ccc(S(=O)(=O)OCCC(O)c2ccccc2[N+](=O)[O-])cc1. The topological polar surface area (TPSA) is 107 Å². The molecule has 0 aliphatic rings. The molecular weight excluding hydrogens is 334 g/mol. The van der Waals surface area contributed by atoms with Gasteiger partial charge in [-0.1, -0.05) is 29.8 Å². The second-order valence-corrected chi connectivity index (χ2v) is 6.82. The van der Waals surface area contributed by atoms with E-state index in [-0.39, 0.29) is 29.2 Å². The number of nitro benzene ring substituents is 1. The van der Waals surface area contributed by atoms with E-state index in [1.165, 1.54) is 30.3 Å². The van der Waals surface area contributed by atoms with Gasteiger partial charge >= 0.3 is 0 Å². The van der Waals surface area contributed by atoms with Crippen LogP contribution in [0.2, 0.25) is 0 Å². The Morgan fingerprint density at radius 3 is 2.42 bits per heavy atom. The van der Waals surface area contributed by atoms with Crippen molar-refractivity contribution in [2.75, 3.05) is 6.61 Å². The van der Waals surface area contributed by atoms with Gasteiger partial charge in [-0.05, 0) is 25.1 Å². The molecule has 24 heavy (non-hydrogen) atoms. The third-order valence-corrected chi connectivity index (χ3v) is 4.76. The van der Waals surface area contributed by atoms with Crippen LogP contribution in [0.15, 0.2) is 53.4 Å². The number of hydrogen-bond acceptors (Lipinski definition) is 6. The summed E-state index contributed by atoms with van der Waals surface area (Å²) >= 11 is 0. The van der Waals surface area contributed by atoms with Gasteiger partial charge in [-0.25, -0.2) is 0 Å². The standard InChI is InChI=1S/C16H17NO6S/c1-12-6-8-13(9-7-12)24(21,22)23-11-10-16(18)14-4-2-3-5-15(14)17(19)20/h2-9,16,18H,10-11H2,1H3. The predicted octanol–water partition coefficient (Wildman–Crippen LogP) is 2.73. The molecule has 1 atom stereocenters. The molecule has 0 heterocycles. The maximum Gasteiger partial charge on any atom is 0.296 e. The highest BCUT2D eigenvalue weighted by atomic mass is 32.2. The van der Waals surface area contributed by atoms with E-state index in [2.05, 4.69) is 0 Å². The fourth-order valence-corrected chi connectivity index (χ4v) is 3.05. The molecule has 1 unspecified atom stereocenters. The Morgan fingerprint density at radius 1 is 1.17 bits per heavy atom. The van der Waals surface area contributed by atoms with Crippen LogP contribution in [-0.2, 0) is 14.3 Å². The highest BCUT2D eigenvalue weighted by molar-refractivity contribution is 7.86. The van der Waals surface area contributed by atoms with Crippen LogP contribution in [0.3, 0.4) is 0 Å². The van der Waals surface area contributed by atoms with Crippen molar-refractivity contribution >= 4 is 15.8 Å². The average Bonchev–Trinajstić information content (AvgIpc) is 2.55. The summed E-state index contributed by atoms with van der Waals surface area (Å²) in [6.07, 6.45) is -1.28. The highest BCUT2D eigenvalue weighted by Gasteiger charge is 2.21. The fraction of sp³-hybridized carbons (Fsp3) is 0.250. The highest BCUT2D eigenvalue weighted by Crippen LogP contribution is 2.27. The Hall–Kier alpha value is -2.29. The number of para-hydroxylation sites is 1. The molecule has 2 aromatic rings. The Kier molecular flexibility index (Phi) is 5.66. The van der Waals surface area contributed by atoms with E-state index in [0.29, 0.717) is 0 Å². The second kappa shape index (κ2) is 7.52. The lowest BCUT2D eigenvalue weighted by Crippen LogP contribution is -2.11. The molecule has 1 N–H and O–H groups in total. The molecule has 2 aromatic carbocycles.